The molecule has 0 heterocycles. The summed E-state index contributed by atoms with van der Waals surface area (Å²) < 4.78 is 28.9. The zero-order valence-electron chi connectivity index (χ0n) is 24.3. The lowest BCUT2D eigenvalue weighted by molar-refractivity contribution is 0.0994. The lowest BCUT2D eigenvalue weighted by atomic mass is 9.78. The van der Waals surface area contributed by atoms with Crippen molar-refractivity contribution in [1.29, 1.82) is 0 Å². The van der Waals surface area contributed by atoms with Crippen LogP contribution in [0.25, 0.3) is 10.8 Å². The highest BCUT2D eigenvalue weighted by atomic mass is 32.2. The molecule has 4 rings (SSSR count). The minimum atomic E-state index is -3.96. The van der Waals surface area contributed by atoms with Gasteiger partial charge in [-0.05, 0) is 48.1 Å². The van der Waals surface area contributed by atoms with Gasteiger partial charge < -0.3 is 10.2 Å². The van der Waals surface area contributed by atoms with Crippen LogP contribution in [0.15, 0.2) is 81.9 Å². The summed E-state index contributed by atoms with van der Waals surface area (Å²) in [7, 11) is -3.96. The Kier molecular flexibility index (Phi) is 7.71. The van der Waals surface area contributed by atoms with Crippen LogP contribution in [0.5, 0.6) is 11.5 Å². The number of carbonyl (C=O) groups is 1. The second-order valence-corrected chi connectivity index (χ2v) is 13.9. The van der Waals surface area contributed by atoms with E-state index in [0.717, 1.165) is 5.56 Å². The number of amides is 1. The van der Waals surface area contributed by atoms with Crippen molar-refractivity contribution in [3.8, 4) is 11.5 Å². The minimum Gasteiger partial charge on any atom is -0.507 e. The smallest absolute Gasteiger partial charge is 0.295 e. The molecule has 41 heavy (non-hydrogen) atoms. The molecule has 3 N–H and O–H groups in total. The highest BCUT2D eigenvalue weighted by Gasteiger charge is 2.28. The van der Waals surface area contributed by atoms with Gasteiger partial charge in [0, 0.05) is 27.5 Å². The highest BCUT2D eigenvalue weighted by Crippen LogP contribution is 2.42. The summed E-state index contributed by atoms with van der Waals surface area (Å²) in [6.07, 6.45) is 0. The summed E-state index contributed by atoms with van der Waals surface area (Å²) >= 11 is 0. The number of nitrogens with zero attached hydrogens (tertiary/aromatic N) is 2. The number of benzene rings is 4. The Labute approximate surface area is 240 Å². The number of hydrogen-bond acceptors (Lipinski definition) is 6. The number of aryl methyl sites for hydroxylation is 1. The SMILES string of the molecule is Cc1ccc(S(=O)(=O)Nc2cc(N=NC(=O)c3cc(C(C)(C)C)c(O)c(C(C)(C)C)c3)c(O)c3ccccc23)cc1. The van der Waals surface area contributed by atoms with Crippen molar-refractivity contribution < 1.29 is 23.4 Å². The number of sulfonamides is 1. The third-order valence-corrected chi connectivity index (χ3v) is 8.17. The van der Waals surface area contributed by atoms with Gasteiger partial charge in [-0.3, -0.25) is 9.52 Å². The maximum absolute atomic E-state index is 13.3. The first-order valence-corrected chi connectivity index (χ1v) is 14.7. The van der Waals surface area contributed by atoms with E-state index in [1.807, 2.05) is 48.5 Å². The lowest BCUT2D eigenvalue weighted by Crippen LogP contribution is -2.18. The summed E-state index contributed by atoms with van der Waals surface area (Å²) in [5, 5.41) is 30.7. The van der Waals surface area contributed by atoms with Crippen molar-refractivity contribution in [2.24, 2.45) is 10.2 Å². The standard InChI is InChI=1S/C32H35N3O5S/c1-19-12-14-21(15-13-19)41(39,40)35-26-18-27(28(36)23-11-9-8-10-22(23)26)33-34-30(38)20-16-24(31(2,3)4)29(37)25(17-20)32(5,6)7/h8-18,35-37H,1-7H3. The minimum absolute atomic E-state index is 0.0789. The molecule has 0 aliphatic carbocycles. The predicted molar refractivity (Wildman–Crippen MR) is 162 cm³/mol. The van der Waals surface area contributed by atoms with Gasteiger partial charge in [-0.25, -0.2) is 8.42 Å². The molecule has 4 aromatic carbocycles. The average molecular weight is 574 g/mol. The Hall–Kier alpha value is -4.24. The second kappa shape index (κ2) is 10.6. The van der Waals surface area contributed by atoms with Crippen LogP contribution in [-0.4, -0.2) is 24.5 Å². The number of hydrogen-bond donors (Lipinski definition) is 3. The summed E-state index contributed by atoms with van der Waals surface area (Å²) in [6.45, 7) is 13.5. The van der Waals surface area contributed by atoms with Gasteiger partial charge in [0.1, 0.15) is 11.4 Å². The molecule has 8 nitrogen and oxygen atoms in total. The summed E-state index contributed by atoms with van der Waals surface area (Å²) in [4.78, 5) is 13.3. The number of phenols is 2. The molecule has 0 bridgehead atoms. The Morgan fingerprint density at radius 1 is 0.780 bits per heavy atom. The number of carbonyl (C=O) groups excluding carboxylic acids is 1. The first-order valence-electron chi connectivity index (χ1n) is 13.2. The number of fused-ring (bicyclic) bond motifs is 1. The van der Waals surface area contributed by atoms with Gasteiger partial charge in [0.15, 0.2) is 5.75 Å². The van der Waals surface area contributed by atoms with E-state index < -0.39 is 26.8 Å². The van der Waals surface area contributed by atoms with Gasteiger partial charge >= 0.3 is 0 Å². The summed E-state index contributed by atoms with van der Waals surface area (Å²) in [6, 6.07) is 17.7. The van der Waals surface area contributed by atoms with Gasteiger partial charge in [0.2, 0.25) is 0 Å². The molecule has 0 atom stereocenters. The molecule has 0 fully saturated rings. The van der Waals surface area contributed by atoms with Crippen LogP contribution in [0.3, 0.4) is 0 Å². The second-order valence-electron chi connectivity index (χ2n) is 12.2. The molecule has 4 aromatic rings. The Bertz CT molecular complexity index is 1740. The van der Waals surface area contributed by atoms with Crippen LogP contribution >= 0.6 is 0 Å². The normalized spacial score (nSPS) is 12.7. The predicted octanol–water partition coefficient (Wildman–Crippen LogP) is 7.88. The topological polar surface area (TPSA) is 128 Å². The largest absolute Gasteiger partial charge is 0.507 e. The van der Waals surface area contributed by atoms with Crippen molar-refractivity contribution in [3.05, 3.63) is 89.0 Å². The lowest BCUT2D eigenvalue weighted by Gasteiger charge is -2.27. The van der Waals surface area contributed by atoms with Gasteiger partial charge in [-0.2, -0.15) is 0 Å². The van der Waals surface area contributed by atoms with Crippen molar-refractivity contribution >= 4 is 38.1 Å². The van der Waals surface area contributed by atoms with Gasteiger partial charge in [-0.15, -0.1) is 10.2 Å². The first kappa shape index (κ1) is 29.7. The van der Waals surface area contributed by atoms with Crippen LogP contribution in [0.4, 0.5) is 11.4 Å². The van der Waals surface area contributed by atoms with E-state index in [1.165, 1.54) is 18.2 Å². The molecule has 0 unspecified atom stereocenters. The number of anilines is 1. The fourth-order valence-corrected chi connectivity index (χ4v) is 5.56. The number of phenolic OH excluding ortho intramolecular Hbond substituents is 2. The van der Waals surface area contributed by atoms with Crippen molar-refractivity contribution in [1.82, 2.24) is 0 Å². The zero-order valence-corrected chi connectivity index (χ0v) is 25.1. The molecule has 0 aromatic heterocycles. The van der Waals surface area contributed by atoms with Gasteiger partial charge in [0.25, 0.3) is 15.9 Å². The van der Waals surface area contributed by atoms with E-state index in [4.69, 9.17) is 0 Å². The average Bonchev–Trinajstić information content (AvgIpc) is 2.88. The summed E-state index contributed by atoms with van der Waals surface area (Å²) in [5.74, 6) is -0.779. The zero-order chi connectivity index (χ0) is 30.3. The van der Waals surface area contributed by atoms with Crippen molar-refractivity contribution in [2.75, 3.05) is 4.72 Å². The van der Waals surface area contributed by atoms with Crippen LogP contribution in [0.1, 0.15) is 68.6 Å². The maximum atomic E-state index is 13.3. The fraction of sp³-hybridized carbons (Fsp3) is 0.281. The molecule has 214 valence electrons. The molecule has 0 saturated heterocycles. The highest BCUT2D eigenvalue weighted by molar-refractivity contribution is 7.92. The third kappa shape index (κ3) is 6.25. The Balaban J connectivity index is 1.78. The molecule has 0 saturated carbocycles. The van der Waals surface area contributed by atoms with Crippen molar-refractivity contribution in [3.63, 3.8) is 0 Å². The van der Waals surface area contributed by atoms with Crippen LogP contribution in [0.2, 0.25) is 0 Å². The molecule has 1 amide bonds. The quantitative estimate of drug-likeness (QED) is 0.165. The molecule has 0 aliphatic rings. The number of rotatable bonds is 5. The molecule has 9 heteroatoms. The third-order valence-electron chi connectivity index (χ3n) is 6.79. The van der Waals surface area contributed by atoms with Gasteiger partial charge in [-0.1, -0.05) is 83.5 Å². The Morgan fingerprint density at radius 3 is 1.85 bits per heavy atom. The van der Waals surface area contributed by atoms with Gasteiger partial charge in [0.05, 0.1) is 10.6 Å². The first-order chi connectivity index (χ1) is 19.0. The van der Waals surface area contributed by atoms with Crippen LogP contribution in [0, 0.1) is 6.92 Å². The van der Waals surface area contributed by atoms with E-state index in [-0.39, 0.29) is 33.3 Å². The van der Waals surface area contributed by atoms with E-state index in [2.05, 4.69) is 15.0 Å². The Morgan fingerprint density at radius 2 is 1.32 bits per heavy atom. The molecule has 0 aliphatic heterocycles. The number of azo groups is 1. The van der Waals surface area contributed by atoms with Crippen molar-refractivity contribution in [2.45, 2.75) is 64.2 Å². The van der Waals surface area contributed by atoms with Crippen LogP contribution < -0.4 is 4.72 Å². The van der Waals surface area contributed by atoms with E-state index in [1.54, 1.807) is 48.5 Å². The molecular formula is C32H35N3O5S. The molecule has 0 radical (unpaired) electrons. The molecular weight excluding hydrogens is 538 g/mol. The van der Waals surface area contributed by atoms with E-state index >= 15 is 0 Å². The molecule has 0 spiro atoms. The van der Waals surface area contributed by atoms with Crippen LogP contribution in [-0.2, 0) is 20.9 Å². The van der Waals surface area contributed by atoms with E-state index in [0.29, 0.717) is 21.9 Å². The monoisotopic (exact) mass is 573 g/mol. The number of aromatic hydroxyl groups is 2. The van der Waals surface area contributed by atoms with E-state index in [9.17, 15) is 23.4 Å². The fourth-order valence-electron chi connectivity index (χ4n) is 4.49. The number of nitrogens with one attached hydrogen (secondary N) is 1. The summed E-state index contributed by atoms with van der Waals surface area (Å²) in [5.41, 5.74) is 1.57. The maximum Gasteiger partial charge on any atom is 0.295 e.